The van der Waals surface area contributed by atoms with E-state index in [1.54, 1.807) is 0 Å². The van der Waals surface area contributed by atoms with Gasteiger partial charge in [-0.05, 0) is 5.56 Å². The quantitative estimate of drug-likeness (QED) is 0.705. The predicted octanol–water partition coefficient (Wildman–Crippen LogP) is 2.53. The second-order valence-corrected chi connectivity index (χ2v) is 3.52. The molecule has 1 aromatic heterocycles. The molecule has 78 valence electrons. The summed E-state index contributed by atoms with van der Waals surface area (Å²) in [5.74, 6) is 0.712. The Labute approximate surface area is 80.6 Å². The molecule has 1 aromatic rings. The highest BCUT2D eigenvalue weighted by atomic mass is 19.4. The summed E-state index contributed by atoms with van der Waals surface area (Å²) in [6.07, 6.45) is 1.59. The van der Waals surface area contributed by atoms with E-state index in [-0.39, 0.29) is 11.5 Å². The molecule has 0 aromatic carbocycles. The zero-order valence-electron chi connectivity index (χ0n) is 8.04. The maximum atomic E-state index is 12.0. The fraction of sp³-hybridized carbons (Fsp3) is 0.500. The van der Waals surface area contributed by atoms with Crippen molar-refractivity contribution in [3.05, 3.63) is 23.8 Å². The van der Waals surface area contributed by atoms with Crippen LogP contribution in [0.4, 0.5) is 12.9 Å². The van der Waals surface area contributed by atoms with Gasteiger partial charge in [0.1, 0.15) is 5.82 Å². The van der Waals surface area contributed by atoms with Gasteiger partial charge in [0.2, 0.25) is 0 Å². The van der Waals surface area contributed by atoms with Crippen LogP contribution < -0.4 is 0 Å². The maximum absolute atomic E-state index is 12.0. The third-order valence-corrected chi connectivity index (χ3v) is 1.71. The van der Waals surface area contributed by atoms with Gasteiger partial charge >= 0.3 is 6.98 Å². The molecule has 0 spiro atoms. The summed E-state index contributed by atoms with van der Waals surface area (Å²) in [5, 5.41) is 0. The zero-order chi connectivity index (χ0) is 10.8. The first kappa shape index (κ1) is 11.0. The van der Waals surface area contributed by atoms with E-state index in [1.165, 1.54) is 12.4 Å². The van der Waals surface area contributed by atoms with E-state index in [0.29, 0.717) is 5.82 Å². The van der Waals surface area contributed by atoms with Crippen molar-refractivity contribution in [3.8, 4) is 0 Å². The summed E-state index contributed by atoms with van der Waals surface area (Å²) in [7, 11) is 0. The van der Waals surface area contributed by atoms with Gasteiger partial charge in [0, 0.05) is 18.3 Å². The number of halogens is 3. The number of nitrogens with zero attached hydrogens (tertiary/aromatic N) is 2. The number of aromatic nitrogens is 2. The molecule has 2 nitrogen and oxygen atoms in total. The Balaban J connectivity index is 2.74. The van der Waals surface area contributed by atoms with E-state index >= 15 is 0 Å². The Kier molecular flexibility index (Phi) is 3.13. The number of rotatable bonds is 3. The third kappa shape index (κ3) is 3.36. The Morgan fingerprint density at radius 2 is 1.71 bits per heavy atom. The average molecular weight is 203 g/mol. The van der Waals surface area contributed by atoms with Crippen LogP contribution in [0.2, 0.25) is 0 Å². The first-order chi connectivity index (χ1) is 6.38. The molecule has 1 heterocycles. The van der Waals surface area contributed by atoms with E-state index in [1.807, 2.05) is 13.8 Å². The molecule has 0 saturated carbocycles. The fourth-order valence-electron chi connectivity index (χ4n) is 1.04. The Morgan fingerprint density at radius 1 is 1.21 bits per heavy atom. The summed E-state index contributed by atoms with van der Waals surface area (Å²) in [6.45, 7) is -1.01. The standard InChI is InChI=1S/C8H11BF3N2/c1-6(2)8-13-4-7(5-14-8)3-9(10,11)12/h4-6H,3H2,1-2H3/q-1. The lowest BCUT2D eigenvalue weighted by Gasteiger charge is -2.13. The van der Waals surface area contributed by atoms with E-state index in [9.17, 15) is 12.9 Å². The van der Waals surface area contributed by atoms with E-state index in [0.717, 1.165) is 0 Å². The topological polar surface area (TPSA) is 25.8 Å². The SMILES string of the molecule is CC(C)c1ncc(C[B-](F)(F)F)cn1. The molecule has 0 amide bonds. The normalized spacial score (nSPS) is 12.1. The molecule has 0 bridgehead atoms. The van der Waals surface area contributed by atoms with Crippen LogP contribution in [0.3, 0.4) is 0 Å². The van der Waals surface area contributed by atoms with E-state index in [4.69, 9.17) is 0 Å². The molecule has 0 aliphatic carbocycles. The summed E-state index contributed by atoms with van der Waals surface area (Å²) in [5.41, 5.74) is 0.127. The molecule has 0 N–H and O–H groups in total. The number of hydrogen-bond acceptors (Lipinski definition) is 2. The van der Waals surface area contributed by atoms with Gasteiger partial charge in [0.15, 0.2) is 0 Å². The van der Waals surface area contributed by atoms with Crippen molar-refractivity contribution in [2.45, 2.75) is 26.1 Å². The highest BCUT2D eigenvalue weighted by Gasteiger charge is 2.23. The molecule has 0 radical (unpaired) electrons. The van der Waals surface area contributed by atoms with Crippen LogP contribution >= 0.6 is 0 Å². The van der Waals surface area contributed by atoms with Gasteiger partial charge in [-0.25, -0.2) is 9.97 Å². The fourth-order valence-corrected chi connectivity index (χ4v) is 1.04. The first-order valence-electron chi connectivity index (χ1n) is 4.40. The highest BCUT2D eigenvalue weighted by Crippen LogP contribution is 2.15. The van der Waals surface area contributed by atoms with Gasteiger partial charge in [0.25, 0.3) is 0 Å². The second-order valence-electron chi connectivity index (χ2n) is 3.52. The lowest BCUT2D eigenvalue weighted by Crippen LogP contribution is -2.19. The minimum Gasteiger partial charge on any atom is -0.449 e. The Bertz CT molecular complexity index is 294. The van der Waals surface area contributed by atoms with Crippen molar-refractivity contribution in [3.63, 3.8) is 0 Å². The van der Waals surface area contributed by atoms with Crippen molar-refractivity contribution in [1.82, 2.24) is 9.97 Å². The van der Waals surface area contributed by atoms with Gasteiger partial charge in [-0.3, -0.25) is 0 Å². The van der Waals surface area contributed by atoms with Crippen LogP contribution in [0, 0.1) is 0 Å². The zero-order valence-corrected chi connectivity index (χ0v) is 8.04. The van der Waals surface area contributed by atoms with Crippen molar-refractivity contribution in [2.24, 2.45) is 0 Å². The summed E-state index contributed by atoms with van der Waals surface area (Å²) in [4.78, 5) is 7.72. The van der Waals surface area contributed by atoms with Crippen molar-refractivity contribution >= 4 is 6.98 Å². The van der Waals surface area contributed by atoms with Gasteiger partial charge in [0.05, 0.1) is 0 Å². The summed E-state index contributed by atoms with van der Waals surface area (Å²) < 4.78 is 36.0. The molecule has 6 heteroatoms. The lowest BCUT2D eigenvalue weighted by atomic mass is 9.83. The largest absolute Gasteiger partial charge is 0.482 e. The molecule has 14 heavy (non-hydrogen) atoms. The highest BCUT2D eigenvalue weighted by molar-refractivity contribution is 6.57. The molecule has 0 atom stereocenters. The van der Waals surface area contributed by atoms with Crippen LogP contribution in [0.5, 0.6) is 0 Å². The summed E-state index contributed by atoms with van der Waals surface area (Å²) in [6, 6.07) is 0. The minimum absolute atomic E-state index is 0.127. The van der Waals surface area contributed by atoms with E-state index in [2.05, 4.69) is 9.97 Å². The van der Waals surface area contributed by atoms with Crippen molar-refractivity contribution < 1.29 is 12.9 Å². The average Bonchev–Trinajstić information content (AvgIpc) is 2.02. The van der Waals surface area contributed by atoms with Gasteiger partial charge in [-0.2, -0.15) is 0 Å². The van der Waals surface area contributed by atoms with Crippen LogP contribution in [0.1, 0.15) is 31.2 Å². The predicted molar refractivity (Wildman–Crippen MR) is 48.9 cm³/mol. The third-order valence-electron chi connectivity index (χ3n) is 1.71. The molecule has 0 fully saturated rings. The number of hydrogen-bond donors (Lipinski definition) is 0. The summed E-state index contributed by atoms with van der Waals surface area (Å²) >= 11 is 0. The van der Waals surface area contributed by atoms with Gasteiger partial charge in [-0.15, -0.1) is 0 Å². The molecule has 0 aliphatic heterocycles. The van der Waals surface area contributed by atoms with E-state index < -0.39 is 13.3 Å². The van der Waals surface area contributed by atoms with Crippen LogP contribution in [0.15, 0.2) is 12.4 Å². The van der Waals surface area contributed by atoms with Crippen LogP contribution in [-0.4, -0.2) is 16.9 Å². The lowest BCUT2D eigenvalue weighted by molar-refractivity contribution is 0.468. The van der Waals surface area contributed by atoms with Crippen LogP contribution in [0.25, 0.3) is 0 Å². The maximum Gasteiger partial charge on any atom is 0.482 e. The smallest absolute Gasteiger partial charge is 0.449 e. The second kappa shape index (κ2) is 3.98. The van der Waals surface area contributed by atoms with Gasteiger partial charge < -0.3 is 12.9 Å². The van der Waals surface area contributed by atoms with Crippen LogP contribution in [-0.2, 0) is 6.32 Å². The molecular formula is C8H11BF3N2-. The molecule has 0 unspecified atom stereocenters. The van der Waals surface area contributed by atoms with Gasteiger partial charge in [-0.1, -0.05) is 20.2 Å². The minimum atomic E-state index is -4.79. The monoisotopic (exact) mass is 203 g/mol. The first-order valence-corrected chi connectivity index (χ1v) is 4.40. The molecule has 0 aliphatic rings. The molecule has 1 rings (SSSR count). The molecular weight excluding hydrogens is 192 g/mol. The van der Waals surface area contributed by atoms with Crippen molar-refractivity contribution in [1.29, 1.82) is 0 Å². The van der Waals surface area contributed by atoms with Crippen molar-refractivity contribution in [2.75, 3.05) is 0 Å². The molecule has 0 saturated heterocycles. The Hall–Kier alpha value is -1.07. The Morgan fingerprint density at radius 3 is 2.07 bits per heavy atom.